The maximum Gasteiger partial charge on any atom is 0.247 e. The standard InChI is InChI=1S/C20H17NO4S/c22-20(6-4-15-3-5-18-19(10-15)25-14-24-18)21(11-16-7-9-26-13-16)12-17-2-1-8-23-17/h1-10,13H,11-12,14H2/b6-4+. The molecule has 26 heavy (non-hydrogen) atoms. The number of amides is 1. The molecule has 0 saturated heterocycles. The molecular formula is C20H17NO4S. The summed E-state index contributed by atoms with van der Waals surface area (Å²) in [5.41, 5.74) is 1.99. The van der Waals surface area contributed by atoms with Gasteiger partial charge in [-0.25, -0.2) is 0 Å². The second kappa shape index (κ2) is 7.49. The number of hydrogen-bond donors (Lipinski definition) is 0. The van der Waals surface area contributed by atoms with Gasteiger partial charge < -0.3 is 18.8 Å². The van der Waals surface area contributed by atoms with Crippen LogP contribution in [0.3, 0.4) is 0 Å². The first-order chi connectivity index (χ1) is 12.8. The Morgan fingerprint density at radius 2 is 2.08 bits per heavy atom. The molecule has 0 unspecified atom stereocenters. The van der Waals surface area contributed by atoms with E-state index < -0.39 is 0 Å². The van der Waals surface area contributed by atoms with Gasteiger partial charge in [0.25, 0.3) is 0 Å². The maximum absolute atomic E-state index is 12.7. The van der Waals surface area contributed by atoms with Crippen molar-refractivity contribution >= 4 is 23.3 Å². The first-order valence-electron chi connectivity index (χ1n) is 8.18. The Kier molecular flexibility index (Phi) is 4.75. The fraction of sp³-hybridized carbons (Fsp3) is 0.150. The molecule has 1 aliphatic heterocycles. The molecule has 0 fully saturated rings. The summed E-state index contributed by atoms with van der Waals surface area (Å²) in [6, 6.07) is 11.3. The maximum atomic E-state index is 12.7. The van der Waals surface area contributed by atoms with Crippen molar-refractivity contribution in [1.29, 1.82) is 0 Å². The molecule has 1 aliphatic rings. The highest BCUT2D eigenvalue weighted by Gasteiger charge is 2.15. The van der Waals surface area contributed by atoms with Crippen LogP contribution in [-0.2, 0) is 17.9 Å². The first kappa shape index (κ1) is 16.5. The minimum Gasteiger partial charge on any atom is -0.467 e. The molecule has 1 amide bonds. The number of carbonyl (C=O) groups is 1. The average Bonchev–Trinajstić information content (AvgIpc) is 3.40. The Hall–Kier alpha value is -2.99. The Morgan fingerprint density at radius 1 is 1.15 bits per heavy atom. The largest absolute Gasteiger partial charge is 0.467 e. The third-order valence-corrected chi connectivity index (χ3v) is 4.74. The molecule has 0 aliphatic carbocycles. The summed E-state index contributed by atoms with van der Waals surface area (Å²) in [6.45, 7) is 1.20. The lowest BCUT2D eigenvalue weighted by atomic mass is 10.2. The van der Waals surface area contributed by atoms with E-state index in [1.165, 1.54) is 0 Å². The molecule has 0 radical (unpaired) electrons. The molecule has 5 nitrogen and oxygen atoms in total. The van der Waals surface area contributed by atoms with Gasteiger partial charge in [-0.2, -0.15) is 11.3 Å². The Bertz CT molecular complexity index is 864. The van der Waals surface area contributed by atoms with Gasteiger partial charge in [-0.3, -0.25) is 4.79 Å². The molecule has 132 valence electrons. The number of thiophene rings is 1. The molecule has 0 spiro atoms. The number of ether oxygens (including phenoxy) is 2. The van der Waals surface area contributed by atoms with E-state index in [-0.39, 0.29) is 12.7 Å². The van der Waals surface area contributed by atoms with Crippen LogP contribution < -0.4 is 9.47 Å². The van der Waals surface area contributed by atoms with Crippen molar-refractivity contribution in [3.05, 3.63) is 76.4 Å². The minimum absolute atomic E-state index is 0.0785. The lowest BCUT2D eigenvalue weighted by molar-refractivity contribution is -0.127. The van der Waals surface area contributed by atoms with Crippen LogP contribution in [0.15, 0.2) is 63.9 Å². The predicted molar refractivity (Wildman–Crippen MR) is 98.9 cm³/mol. The third-order valence-electron chi connectivity index (χ3n) is 4.01. The SMILES string of the molecule is O=C(/C=C/c1ccc2c(c1)OCO2)N(Cc1ccsc1)Cc1ccco1. The van der Waals surface area contributed by atoms with Crippen LogP contribution in [0.25, 0.3) is 6.08 Å². The number of furan rings is 1. The van der Waals surface area contributed by atoms with Crippen LogP contribution in [0.2, 0.25) is 0 Å². The number of benzene rings is 1. The summed E-state index contributed by atoms with van der Waals surface area (Å²) in [5, 5.41) is 4.05. The van der Waals surface area contributed by atoms with Gasteiger partial charge in [0.1, 0.15) is 5.76 Å². The van der Waals surface area contributed by atoms with Crippen LogP contribution >= 0.6 is 11.3 Å². The first-order valence-corrected chi connectivity index (χ1v) is 9.12. The van der Waals surface area contributed by atoms with Crippen molar-refractivity contribution < 1.29 is 18.7 Å². The molecule has 6 heteroatoms. The fourth-order valence-corrected chi connectivity index (χ4v) is 3.35. The normalized spacial score (nSPS) is 12.6. The van der Waals surface area contributed by atoms with Gasteiger partial charge in [0.2, 0.25) is 12.7 Å². The zero-order valence-electron chi connectivity index (χ0n) is 14.0. The van der Waals surface area contributed by atoms with Crippen LogP contribution in [0.4, 0.5) is 0 Å². The van der Waals surface area contributed by atoms with Gasteiger partial charge in [-0.1, -0.05) is 6.07 Å². The van der Waals surface area contributed by atoms with Crippen LogP contribution in [0.1, 0.15) is 16.9 Å². The van der Waals surface area contributed by atoms with Crippen LogP contribution in [-0.4, -0.2) is 17.6 Å². The van der Waals surface area contributed by atoms with Gasteiger partial charge in [-0.05, 0) is 58.3 Å². The summed E-state index contributed by atoms with van der Waals surface area (Å²) in [4.78, 5) is 14.5. The molecule has 0 bridgehead atoms. The van der Waals surface area contributed by atoms with E-state index in [0.717, 1.165) is 22.6 Å². The van der Waals surface area contributed by atoms with E-state index in [1.54, 1.807) is 34.7 Å². The highest BCUT2D eigenvalue weighted by Crippen LogP contribution is 2.32. The molecule has 0 atom stereocenters. The van der Waals surface area contributed by atoms with E-state index in [4.69, 9.17) is 13.9 Å². The summed E-state index contributed by atoms with van der Waals surface area (Å²) >= 11 is 1.62. The highest BCUT2D eigenvalue weighted by molar-refractivity contribution is 7.07. The summed E-state index contributed by atoms with van der Waals surface area (Å²) in [5.74, 6) is 2.10. The zero-order chi connectivity index (χ0) is 17.8. The molecule has 3 aromatic rings. The molecular weight excluding hydrogens is 350 g/mol. The van der Waals surface area contributed by atoms with Crippen molar-refractivity contribution in [2.24, 2.45) is 0 Å². The Balaban J connectivity index is 1.49. The third kappa shape index (κ3) is 3.81. The van der Waals surface area contributed by atoms with Crippen LogP contribution in [0.5, 0.6) is 11.5 Å². The van der Waals surface area contributed by atoms with E-state index >= 15 is 0 Å². The molecule has 2 aromatic heterocycles. The number of fused-ring (bicyclic) bond motifs is 1. The summed E-state index contributed by atoms with van der Waals surface area (Å²) in [7, 11) is 0. The van der Waals surface area contributed by atoms with Crippen molar-refractivity contribution in [2.45, 2.75) is 13.1 Å². The summed E-state index contributed by atoms with van der Waals surface area (Å²) < 4.78 is 16.1. The van der Waals surface area contributed by atoms with Gasteiger partial charge >= 0.3 is 0 Å². The van der Waals surface area contributed by atoms with Crippen molar-refractivity contribution in [2.75, 3.05) is 6.79 Å². The number of hydrogen-bond acceptors (Lipinski definition) is 5. The van der Waals surface area contributed by atoms with E-state index in [9.17, 15) is 4.79 Å². The van der Waals surface area contributed by atoms with E-state index in [2.05, 4.69) is 0 Å². The Labute approximate surface area is 155 Å². The van der Waals surface area contributed by atoms with Gasteiger partial charge in [-0.15, -0.1) is 0 Å². The van der Waals surface area contributed by atoms with E-state index in [0.29, 0.717) is 18.8 Å². The Morgan fingerprint density at radius 3 is 2.88 bits per heavy atom. The monoisotopic (exact) mass is 367 g/mol. The van der Waals surface area contributed by atoms with E-state index in [1.807, 2.05) is 47.2 Å². The minimum atomic E-state index is -0.0785. The number of rotatable bonds is 6. The molecule has 4 rings (SSSR count). The van der Waals surface area contributed by atoms with Crippen LogP contribution in [0, 0.1) is 0 Å². The van der Waals surface area contributed by atoms with Crippen molar-refractivity contribution in [3.8, 4) is 11.5 Å². The van der Waals surface area contributed by atoms with Crippen molar-refractivity contribution in [1.82, 2.24) is 4.90 Å². The average molecular weight is 367 g/mol. The molecule has 0 N–H and O–H groups in total. The number of nitrogens with zero attached hydrogens (tertiary/aromatic N) is 1. The van der Waals surface area contributed by atoms with Gasteiger partial charge in [0.15, 0.2) is 11.5 Å². The second-order valence-electron chi connectivity index (χ2n) is 5.85. The summed E-state index contributed by atoms with van der Waals surface area (Å²) in [6.07, 6.45) is 4.98. The highest BCUT2D eigenvalue weighted by atomic mass is 32.1. The smallest absolute Gasteiger partial charge is 0.247 e. The molecule has 3 heterocycles. The molecule has 1 aromatic carbocycles. The quantitative estimate of drug-likeness (QED) is 0.609. The van der Waals surface area contributed by atoms with Gasteiger partial charge in [0, 0.05) is 12.6 Å². The number of carbonyl (C=O) groups excluding carboxylic acids is 1. The molecule has 0 saturated carbocycles. The zero-order valence-corrected chi connectivity index (χ0v) is 14.8. The lowest BCUT2D eigenvalue weighted by Gasteiger charge is -2.19. The van der Waals surface area contributed by atoms with Crippen molar-refractivity contribution in [3.63, 3.8) is 0 Å². The second-order valence-corrected chi connectivity index (χ2v) is 6.63. The lowest BCUT2D eigenvalue weighted by Crippen LogP contribution is -2.28. The topological polar surface area (TPSA) is 51.9 Å². The fourth-order valence-electron chi connectivity index (χ4n) is 2.70. The van der Waals surface area contributed by atoms with Gasteiger partial charge in [0.05, 0.1) is 12.8 Å². The predicted octanol–water partition coefficient (Wildman–Crippen LogP) is 4.31.